The van der Waals surface area contributed by atoms with Gasteiger partial charge in [0.15, 0.2) is 5.78 Å². The number of carbonyl (C=O) groups excluding carboxylic acids is 2. The molecule has 0 aliphatic heterocycles. The minimum atomic E-state index is -0.286. The fourth-order valence-electron chi connectivity index (χ4n) is 1.40. The van der Waals surface area contributed by atoms with Crippen molar-refractivity contribution in [2.45, 2.75) is 13.3 Å². The second-order valence-electron chi connectivity index (χ2n) is 3.96. The number of rotatable bonds is 6. The average molecular weight is 246 g/mol. The number of amides is 2. The molecule has 0 bridgehead atoms. The second kappa shape index (κ2) is 7.27. The number of hydrogen-bond donors (Lipinski definition) is 2. The van der Waals surface area contributed by atoms with E-state index in [4.69, 9.17) is 0 Å². The van der Waals surface area contributed by atoms with Crippen molar-refractivity contribution in [2.75, 3.05) is 13.1 Å². The molecule has 18 heavy (non-hydrogen) atoms. The molecule has 0 saturated carbocycles. The first-order chi connectivity index (χ1) is 8.63. The van der Waals surface area contributed by atoms with Gasteiger partial charge in [0.1, 0.15) is 0 Å². The average Bonchev–Trinajstić information content (AvgIpc) is 2.37. The number of ketones is 1. The van der Waals surface area contributed by atoms with Crippen LogP contribution in [0.15, 0.2) is 36.9 Å². The third-order valence-electron chi connectivity index (χ3n) is 2.42. The Morgan fingerprint density at radius 2 is 1.89 bits per heavy atom. The van der Waals surface area contributed by atoms with E-state index in [0.717, 1.165) is 5.56 Å². The van der Waals surface area contributed by atoms with E-state index in [1.807, 2.05) is 19.1 Å². The summed E-state index contributed by atoms with van der Waals surface area (Å²) in [5.41, 5.74) is 1.79. The lowest BCUT2D eigenvalue weighted by Crippen LogP contribution is -2.36. The number of nitrogens with one attached hydrogen (secondary N) is 2. The van der Waals surface area contributed by atoms with Gasteiger partial charge in [-0.1, -0.05) is 35.9 Å². The molecule has 4 heteroatoms. The zero-order valence-corrected chi connectivity index (χ0v) is 10.5. The highest BCUT2D eigenvalue weighted by Gasteiger charge is 2.06. The van der Waals surface area contributed by atoms with E-state index in [1.165, 1.54) is 0 Å². The first-order valence-corrected chi connectivity index (χ1v) is 5.86. The summed E-state index contributed by atoms with van der Waals surface area (Å²) in [7, 11) is 0. The second-order valence-corrected chi connectivity index (χ2v) is 3.96. The van der Waals surface area contributed by atoms with Crippen molar-refractivity contribution in [3.63, 3.8) is 0 Å². The van der Waals surface area contributed by atoms with Crippen LogP contribution in [0.5, 0.6) is 0 Å². The number of hydrogen-bond acceptors (Lipinski definition) is 2. The van der Waals surface area contributed by atoms with Crippen molar-refractivity contribution in [1.29, 1.82) is 0 Å². The lowest BCUT2D eigenvalue weighted by atomic mass is 10.1. The van der Waals surface area contributed by atoms with Crippen LogP contribution in [-0.2, 0) is 0 Å². The van der Waals surface area contributed by atoms with Crippen molar-refractivity contribution in [2.24, 2.45) is 0 Å². The van der Waals surface area contributed by atoms with Crippen LogP contribution < -0.4 is 10.6 Å². The standard InChI is InChI=1S/C14H18N2O2/c1-3-9-15-14(18)16-10-8-13(17)12-6-4-11(2)5-7-12/h3-7H,1,8-10H2,2H3,(H2,15,16,18). The summed E-state index contributed by atoms with van der Waals surface area (Å²) < 4.78 is 0. The molecule has 1 aromatic rings. The van der Waals surface area contributed by atoms with E-state index in [0.29, 0.717) is 25.1 Å². The number of aryl methyl sites for hydroxylation is 1. The Hall–Kier alpha value is -2.10. The Morgan fingerprint density at radius 3 is 2.50 bits per heavy atom. The van der Waals surface area contributed by atoms with Crippen LogP contribution in [-0.4, -0.2) is 24.9 Å². The van der Waals surface area contributed by atoms with Gasteiger partial charge in [0, 0.05) is 25.1 Å². The summed E-state index contributed by atoms with van der Waals surface area (Å²) in [5, 5.41) is 5.18. The Morgan fingerprint density at radius 1 is 1.22 bits per heavy atom. The molecule has 0 radical (unpaired) electrons. The predicted octanol–water partition coefficient (Wildman–Crippen LogP) is 2.05. The predicted molar refractivity (Wildman–Crippen MR) is 71.7 cm³/mol. The maximum absolute atomic E-state index is 11.8. The minimum absolute atomic E-state index is 0.0269. The first kappa shape index (κ1) is 14.0. The molecule has 4 nitrogen and oxygen atoms in total. The highest BCUT2D eigenvalue weighted by molar-refractivity contribution is 5.96. The fourth-order valence-corrected chi connectivity index (χ4v) is 1.40. The molecule has 0 saturated heterocycles. The number of urea groups is 1. The van der Waals surface area contributed by atoms with Gasteiger partial charge >= 0.3 is 6.03 Å². The van der Waals surface area contributed by atoms with Gasteiger partial charge in [-0.05, 0) is 6.92 Å². The van der Waals surface area contributed by atoms with E-state index in [9.17, 15) is 9.59 Å². The van der Waals surface area contributed by atoms with Crippen molar-refractivity contribution in [1.82, 2.24) is 10.6 Å². The van der Waals surface area contributed by atoms with E-state index in [-0.39, 0.29) is 11.8 Å². The van der Waals surface area contributed by atoms with Crippen molar-refractivity contribution in [3.8, 4) is 0 Å². The summed E-state index contributed by atoms with van der Waals surface area (Å²) in [5.74, 6) is 0.0269. The maximum atomic E-state index is 11.8. The third-order valence-corrected chi connectivity index (χ3v) is 2.42. The largest absolute Gasteiger partial charge is 0.338 e. The van der Waals surface area contributed by atoms with Crippen LogP contribution in [0.3, 0.4) is 0 Å². The van der Waals surface area contributed by atoms with Crippen molar-refractivity contribution >= 4 is 11.8 Å². The monoisotopic (exact) mass is 246 g/mol. The minimum Gasteiger partial charge on any atom is -0.338 e. The Kier molecular flexibility index (Phi) is 5.64. The van der Waals surface area contributed by atoms with Crippen LogP contribution in [0.1, 0.15) is 22.3 Å². The van der Waals surface area contributed by atoms with Gasteiger partial charge in [0.05, 0.1) is 0 Å². The molecule has 0 fully saturated rings. The molecule has 1 rings (SSSR count). The van der Waals surface area contributed by atoms with Gasteiger partial charge in [-0.15, -0.1) is 6.58 Å². The number of benzene rings is 1. The molecule has 0 aliphatic carbocycles. The molecule has 0 atom stereocenters. The van der Waals surface area contributed by atoms with Crippen LogP contribution in [0.25, 0.3) is 0 Å². The Bertz CT molecular complexity index is 424. The zero-order chi connectivity index (χ0) is 13.4. The van der Waals surface area contributed by atoms with E-state index in [1.54, 1.807) is 18.2 Å². The Balaban J connectivity index is 2.31. The molecule has 1 aromatic carbocycles. The molecular weight excluding hydrogens is 228 g/mol. The van der Waals surface area contributed by atoms with Gasteiger partial charge in [-0.3, -0.25) is 4.79 Å². The molecule has 0 aromatic heterocycles. The summed E-state index contributed by atoms with van der Waals surface area (Å²) in [6.07, 6.45) is 1.89. The quantitative estimate of drug-likeness (QED) is 0.596. The van der Waals surface area contributed by atoms with Gasteiger partial charge in [-0.25, -0.2) is 4.79 Å². The topological polar surface area (TPSA) is 58.2 Å². The number of Topliss-reactive ketones (excluding diaryl/α,β-unsaturated/α-hetero) is 1. The van der Waals surface area contributed by atoms with E-state index < -0.39 is 0 Å². The molecule has 0 aliphatic rings. The van der Waals surface area contributed by atoms with Gasteiger partial charge in [-0.2, -0.15) is 0 Å². The molecule has 2 amide bonds. The molecule has 0 unspecified atom stereocenters. The normalized spacial score (nSPS) is 9.61. The third kappa shape index (κ3) is 4.82. The SMILES string of the molecule is C=CCNC(=O)NCCC(=O)c1ccc(C)cc1. The number of carbonyl (C=O) groups is 2. The van der Waals surface area contributed by atoms with E-state index in [2.05, 4.69) is 17.2 Å². The molecule has 2 N–H and O–H groups in total. The van der Waals surface area contributed by atoms with Crippen LogP contribution in [0, 0.1) is 6.92 Å². The van der Waals surface area contributed by atoms with Crippen molar-refractivity contribution < 1.29 is 9.59 Å². The lowest BCUT2D eigenvalue weighted by molar-refractivity contribution is 0.0983. The van der Waals surface area contributed by atoms with E-state index >= 15 is 0 Å². The molecule has 0 heterocycles. The van der Waals surface area contributed by atoms with Gasteiger partial charge < -0.3 is 10.6 Å². The molecular formula is C14H18N2O2. The summed E-state index contributed by atoms with van der Waals surface area (Å²) >= 11 is 0. The van der Waals surface area contributed by atoms with Gasteiger partial charge in [0.25, 0.3) is 0 Å². The van der Waals surface area contributed by atoms with Crippen LogP contribution >= 0.6 is 0 Å². The smallest absolute Gasteiger partial charge is 0.315 e. The maximum Gasteiger partial charge on any atom is 0.315 e. The van der Waals surface area contributed by atoms with Crippen molar-refractivity contribution in [3.05, 3.63) is 48.0 Å². The van der Waals surface area contributed by atoms with Gasteiger partial charge in [0.2, 0.25) is 0 Å². The zero-order valence-electron chi connectivity index (χ0n) is 10.5. The molecule has 96 valence electrons. The highest BCUT2D eigenvalue weighted by atomic mass is 16.2. The first-order valence-electron chi connectivity index (χ1n) is 5.86. The fraction of sp³-hybridized carbons (Fsp3) is 0.286. The van der Waals surface area contributed by atoms with Crippen LogP contribution in [0.2, 0.25) is 0 Å². The lowest BCUT2D eigenvalue weighted by Gasteiger charge is -2.05. The van der Waals surface area contributed by atoms with Crippen LogP contribution in [0.4, 0.5) is 4.79 Å². The Labute approximate surface area is 107 Å². The summed E-state index contributed by atoms with van der Waals surface area (Å²) in [6.45, 7) is 6.21. The summed E-state index contributed by atoms with van der Waals surface area (Å²) in [4.78, 5) is 22.9. The highest BCUT2D eigenvalue weighted by Crippen LogP contribution is 2.05. The molecule has 0 spiro atoms. The summed E-state index contributed by atoms with van der Waals surface area (Å²) in [6, 6.07) is 7.12.